The lowest BCUT2D eigenvalue weighted by Crippen LogP contribution is -2.33. The fourth-order valence-corrected chi connectivity index (χ4v) is 2.36. The number of aryl methyl sites for hydroxylation is 1. The number of rotatable bonds is 6. The molecular weight excluding hydrogens is 297 g/mol. The maximum Gasteiger partial charge on any atom is 0.254 e. The Bertz CT molecular complexity index is 670. The maximum atomic E-state index is 13.0. The Labute approximate surface area is 135 Å². The molecule has 5 heteroatoms. The van der Waals surface area contributed by atoms with Crippen LogP contribution in [0.15, 0.2) is 42.5 Å². The van der Waals surface area contributed by atoms with Gasteiger partial charge in [0.25, 0.3) is 5.91 Å². The molecule has 2 aromatic carbocycles. The second-order valence-corrected chi connectivity index (χ2v) is 5.26. The smallest absolute Gasteiger partial charge is 0.254 e. The molecule has 1 amide bonds. The molecule has 0 bridgehead atoms. The van der Waals surface area contributed by atoms with Gasteiger partial charge in [-0.3, -0.25) is 4.79 Å². The van der Waals surface area contributed by atoms with Crippen LogP contribution >= 0.6 is 0 Å². The number of hydrogen-bond donors (Lipinski definition) is 1. The Hall–Kier alpha value is -2.40. The summed E-state index contributed by atoms with van der Waals surface area (Å²) in [6.07, 6.45) is 0. The molecule has 0 aromatic heterocycles. The minimum absolute atomic E-state index is 0.137. The van der Waals surface area contributed by atoms with Gasteiger partial charge in [0.15, 0.2) is 0 Å². The fraction of sp³-hybridized carbons (Fsp3) is 0.278. The molecule has 122 valence electrons. The van der Waals surface area contributed by atoms with Gasteiger partial charge >= 0.3 is 0 Å². The third-order valence-electron chi connectivity index (χ3n) is 3.61. The number of benzene rings is 2. The molecule has 0 fully saturated rings. The molecule has 4 nitrogen and oxygen atoms in total. The Morgan fingerprint density at radius 1 is 1.22 bits per heavy atom. The van der Waals surface area contributed by atoms with E-state index in [1.165, 1.54) is 12.1 Å². The maximum absolute atomic E-state index is 13.0. The summed E-state index contributed by atoms with van der Waals surface area (Å²) >= 11 is 0. The number of amides is 1. The van der Waals surface area contributed by atoms with E-state index in [1.54, 1.807) is 42.3 Å². The van der Waals surface area contributed by atoms with E-state index in [1.807, 2.05) is 6.92 Å². The van der Waals surface area contributed by atoms with Crippen molar-refractivity contribution in [3.63, 3.8) is 0 Å². The van der Waals surface area contributed by atoms with E-state index in [2.05, 4.69) is 0 Å². The number of hydrogen-bond acceptors (Lipinski definition) is 3. The average molecular weight is 317 g/mol. The summed E-state index contributed by atoms with van der Waals surface area (Å²) in [5.41, 5.74) is 2.16. The van der Waals surface area contributed by atoms with Gasteiger partial charge in [-0.25, -0.2) is 4.39 Å². The minimum atomic E-state index is -0.320. The topological polar surface area (TPSA) is 49.8 Å². The normalized spacial score (nSPS) is 10.4. The highest BCUT2D eigenvalue weighted by Gasteiger charge is 2.18. The van der Waals surface area contributed by atoms with Gasteiger partial charge < -0.3 is 14.7 Å². The van der Waals surface area contributed by atoms with Crippen LogP contribution in [0.5, 0.6) is 5.75 Å². The monoisotopic (exact) mass is 317 g/mol. The van der Waals surface area contributed by atoms with Crippen molar-refractivity contribution < 1.29 is 19.0 Å². The largest absolute Gasteiger partial charge is 0.497 e. The third-order valence-corrected chi connectivity index (χ3v) is 3.61. The number of nitrogens with zero attached hydrogens (tertiary/aromatic N) is 1. The molecule has 0 heterocycles. The summed E-state index contributed by atoms with van der Waals surface area (Å²) in [6, 6.07) is 11.2. The molecule has 2 aromatic rings. The van der Waals surface area contributed by atoms with Gasteiger partial charge in [-0.15, -0.1) is 0 Å². The first-order valence-corrected chi connectivity index (χ1v) is 7.34. The predicted octanol–water partition coefficient (Wildman–Crippen LogP) is 2.78. The van der Waals surface area contributed by atoms with Gasteiger partial charge in [-0.2, -0.15) is 0 Å². The second-order valence-electron chi connectivity index (χ2n) is 5.26. The van der Waals surface area contributed by atoms with Crippen molar-refractivity contribution >= 4 is 5.91 Å². The fourth-order valence-electron chi connectivity index (χ4n) is 2.36. The highest BCUT2D eigenvalue weighted by molar-refractivity contribution is 5.95. The minimum Gasteiger partial charge on any atom is -0.497 e. The molecule has 0 aliphatic heterocycles. The van der Waals surface area contributed by atoms with E-state index in [9.17, 15) is 14.3 Å². The average Bonchev–Trinajstić information content (AvgIpc) is 2.55. The highest BCUT2D eigenvalue weighted by atomic mass is 19.1. The molecule has 0 unspecified atom stereocenters. The molecule has 0 spiro atoms. The van der Waals surface area contributed by atoms with Gasteiger partial charge in [0.2, 0.25) is 0 Å². The lowest BCUT2D eigenvalue weighted by molar-refractivity contribution is 0.0707. The van der Waals surface area contributed by atoms with Gasteiger partial charge in [-0.1, -0.05) is 12.1 Å². The van der Waals surface area contributed by atoms with Crippen LogP contribution in [0.2, 0.25) is 0 Å². The second kappa shape index (κ2) is 7.74. The molecule has 0 aliphatic rings. The van der Waals surface area contributed by atoms with Crippen LogP contribution in [0.1, 0.15) is 21.5 Å². The first-order valence-electron chi connectivity index (χ1n) is 7.34. The molecule has 0 saturated heterocycles. The van der Waals surface area contributed by atoms with Crippen LogP contribution in [0.3, 0.4) is 0 Å². The highest BCUT2D eigenvalue weighted by Crippen LogP contribution is 2.19. The van der Waals surface area contributed by atoms with Crippen molar-refractivity contribution in [1.82, 2.24) is 4.90 Å². The van der Waals surface area contributed by atoms with E-state index < -0.39 is 0 Å². The van der Waals surface area contributed by atoms with Gasteiger partial charge in [0, 0.05) is 18.7 Å². The number of aliphatic hydroxyl groups is 1. The lowest BCUT2D eigenvalue weighted by atomic mass is 10.1. The Balaban J connectivity index is 2.22. The van der Waals surface area contributed by atoms with E-state index in [0.717, 1.165) is 11.1 Å². The summed E-state index contributed by atoms with van der Waals surface area (Å²) in [6.45, 7) is 2.22. The molecule has 0 aliphatic carbocycles. The Morgan fingerprint density at radius 3 is 2.48 bits per heavy atom. The van der Waals surface area contributed by atoms with Crippen LogP contribution in [0, 0.1) is 12.7 Å². The molecule has 1 N–H and O–H groups in total. The molecular formula is C18H20FNO3. The van der Waals surface area contributed by atoms with Crippen LogP contribution in [0.4, 0.5) is 4.39 Å². The van der Waals surface area contributed by atoms with Crippen molar-refractivity contribution in [1.29, 1.82) is 0 Å². The SMILES string of the molecule is COc1ccc(C(=O)N(CCO)Cc2ccc(F)cc2)c(C)c1. The molecule has 23 heavy (non-hydrogen) atoms. The summed E-state index contributed by atoms with van der Waals surface area (Å²) in [5.74, 6) is 0.189. The number of halogens is 1. The molecule has 0 radical (unpaired) electrons. The molecule has 0 atom stereocenters. The summed E-state index contributed by atoms with van der Waals surface area (Å²) in [5, 5.41) is 9.23. The third kappa shape index (κ3) is 4.29. The zero-order chi connectivity index (χ0) is 16.8. The number of carbonyl (C=O) groups is 1. The van der Waals surface area contributed by atoms with Crippen molar-refractivity contribution in [2.75, 3.05) is 20.3 Å². The number of ether oxygens (including phenoxy) is 1. The van der Waals surface area contributed by atoms with E-state index in [0.29, 0.717) is 17.9 Å². The molecule has 0 saturated carbocycles. The number of carbonyl (C=O) groups excluding carboxylic acids is 1. The van der Waals surface area contributed by atoms with E-state index in [4.69, 9.17) is 4.74 Å². The van der Waals surface area contributed by atoms with Crippen LogP contribution in [-0.4, -0.2) is 36.2 Å². The van der Waals surface area contributed by atoms with Gasteiger partial charge in [-0.05, 0) is 48.4 Å². The first-order chi connectivity index (χ1) is 11.0. The van der Waals surface area contributed by atoms with Crippen molar-refractivity contribution in [2.24, 2.45) is 0 Å². The zero-order valence-electron chi connectivity index (χ0n) is 13.3. The van der Waals surface area contributed by atoms with Crippen LogP contribution in [0.25, 0.3) is 0 Å². The summed E-state index contributed by atoms with van der Waals surface area (Å²) in [7, 11) is 1.57. The Kier molecular flexibility index (Phi) is 5.71. The lowest BCUT2D eigenvalue weighted by Gasteiger charge is -2.23. The van der Waals surface area contributed by atoms with Crippen molar-refractivity contribution in [2.45, 2.75) is 13.5 Å². The van der Waals surface area contributed by atoms with Crippen molar-refractivity contribution in [3.05, 3.63) is 65.0 Å². The Morgan fingerprint density at radius 2 is 1.91 bits per heavy atom. The van der Waals surface area contributed by atoms with E-state index >= 15 is 0 Å². The standard InChI is InChI=1S/C18H20FNO3/c1-13-11-16(23-2)7-8-17(13)18(22)20(9-10-21)12-14-3-5-15(19)6-4-14/h3-8,11,21H,9-10,12H2,1-2H3. The summed E-state index contributed by atoms with van der Waals surface area (Å²) in [4.78, 5) is 14.3. The van der Waals surface area contributed by atoms with Gasteiger partial charge in [0.05, 0.1) is 13.7 Å². The number of aliphatic hydroxyl groups excluding tert-OH is 1. The van der Waals surface area contributed by atoms with Crippen LogP contribution in [-0.2, 0) is 6.54 Å². The summed E-state index contributed by atoms with van der Waals surface area (Å²) < 4.78 is 18.1. The molecule has 2 rings (SSSR count). The predicted molar refractivity (Wildman–Crippen MR) is 86.0 cm³/mol. The first kappa shape index (κ1) is 17.0. The quantitative estimate of drug-likeness (QED) is 0.891. The van der Waals surface area contributed by atoms with Crippen molar-refractivity contribution in [3.8, 4) is 5.75 Å². The zero-order valence-corrected chi connectivity index (χ0v) is 13.3. The van der Waals surface area contributed by atoms with E-state index in [-0.39, 0.29) is 24.9 Å². The number of methoxy groups -OCH3 is 1. The van der Waals surface area contributed by atoms with Gasteiger partial charge in [0.1, 0.15) is 11.6 Å². The van der Waals surface area contributed by atoms with Crippen LogP contribution < -0.4 is 4.74 Å².